The van der Waals surface area contributed by atoms with Gasteiger partial charge in [0, 0.05) is 0 Å². The van der Waals surface area contributed by atoms with Crippen molar-refractivity contribution in [2.24, 2.45) is 11.8 Å². The second kappa shape index (κ2) is 14.4. The van der Waals surface area contributed by atoms with Gasteiger partial charge in [-0.05, 0) is 80.1 Å². The normalized spacial score (nSPS) is 21.4. The molecule has 2 aromatic rings. The van der Waals surface area contributed by atoms with Gasteiger partial charge in [0.2, 0.25) is 0 Å². The maximum atomic E-state index is 6.94. The molecule has 252 valence electrons. The fourth-order valence-electron chi connectivity index (χ4n) is 5.85. The van der Waals surface area contributed by atoms with Crippen molar-refractivity contribution in [3.8, 4) is 11.5 Å². The third-order valence-electron chi connectivity index (χ3n) is 10.7. The van der Waals surface area contributed by atoms with Crippen LogP contribution in [0.2, 0.25) is 0 Å². The molecule has 2 atom stereocenters. The van der Waals surface area contributed by atoms with Crippen LogP contribution in [0.3, 0.4) is 0 Å². The highest BCUT2D eigenvalue weighted by Crippen LogP contribution is 2.42. The van der Waals surface area contributed by atoms with Crippen LogP contribution in [-0.2, 0) is 18.6 Å². The molecule has 45 heavy (non-hydrogen) atoms. The first-order chi connectivity index (χ1) is 21.1. The maximum Gasteiger partial charge on any atom is 0.501 e. The molecule has 4 rings (SSSR count). The molecule has 0 aliphatic carbocycles. The molecule has 0 saturated carbocycles. The lowest BCUT2D eigenvalue weighted by molar-refractivity contribution is 0.00578. The summed E-state index contributed by atoms with van der Waals surface area (Å²) in [5.74, 6) is 2.03. The van der Waals surface area contributed by atoms with Gasteiger partial charge < -0.3 is 28.1 Å². The van der Waals surface area contributed by atoms with Gasteiger partial charge in [0.05, 0.1) is 58.3 Å². The van der Waals surface area contributed by atoms with Gasteiger partial charge in [0.15, 0.2) is 11.5 Å². The number of hydrogen-bond acceptors (Lipinski definition) is 9. The molecule has 0 bridgehead atoms. The summed E-state index contributed by atoms with van der Waals surface area (Å²) in [5, 5.41) is 0. The molecule has 2 aliphatic rings. The van der Waals surface area contributed by atoms with E-state index in [4.69, 9.17) is 36.8 Å². The Kier molecular flexibility index (Phi) is 11.7. The van der Waals surface area contributed by atoms with Crippen molar-refractivity contribution in [1.82, 2.24) is 8.75 Å². The van der Waals surface area contributed by atoms with Crippen LogP contribution in [0.5, 0.6) is 11.5 Å². The topological polar surface area (TPSA) is 81.2 Å². The summed E-state index contributed by atoms with van der Waals surface area (Å²) in [5.41, 5.74) is 0.662. The zero-order chi connectivity index (χ0) is 33.2. The van der Waals surface area contributed by atoms with Crippen LogP contribution in [0.4, 0.5) is 0 Å². The Morgan fingerprint density at radius 2 is 0.933 bits per heavy atom. The average molecular weight is 645 g/mol. The van der Waals surface area contributed by atoms with Crippen LogP contribution in [0.15, 0.2) is 0 Å². The highest BCUT2D eigenvalue weighted by atomic mass is 32.1. The van der Waals surface area contributed by atoms with Gasteiger partial charge in [-0.2, -0.15) is 8.75 Å². The molecule has 0 amide bonds. The van der Waals surface area contributed by atoms with E-state index < -0.39 is 36.6 Å². The Balaban J connectivity index is 1.93. The number of unbranched alkanes of at least 4 members (excludes halogenated alkanes) is 2. The van der Waals surface area contributed by atoms with Crippen molar-refractivity contribution < 1.29 is 28.1 Å². The highest BCUT2D eigenvalue weighted by molar-refractivity contribution is 7.00. The molecule has 2 aliphatic heterocycles. The van der Waals surface area contributed by atoms with Gasteiger partial charge in [-0.15, -0.1) is 0 Å². The van der Waals surface area contributed by atoms with E-state index in [1.807, 2.05) is 0 Å². The number of hydrogen-bond donors (Lipinski definition) is 0. The summed E-state index contributed by atoms with van der Waals surface area (Å²) in [6.07, 6.45) is 8.91. The maximum absolute atomic E-state index is 6.94. The van der Waals surface area contributed by atoms with Gasteiger partial charge in [-0.25, -0.2) is 0 Å². The summed E-state index contributed by atoms with van der Waals surface area (Å²) in [4.78, 5) is 0. The predicted molar refractivity (Wildman–Crippen MR) is 186 cm³/mol. The molecule has 2 fully saturated rings. The van der Waals surface area contributed by atoms with Crippen LogP contribution >= 0.6 is 11.7 Å². The zero-order valence-corrected chi connectivity index (χ0v) is 30.9. The second-order valence-corrected chi connectivity index (χ2v) is 15.6. The Labute approximate surface area is 277 Å². The van der Waals surface area contributed by atoms with Gasteiger partial charge in [-0.3, -0.25) is 0 Å². The largest absolute Gasteiger partial charge is 0.501 e. The minimum absolute atomic E-state index is 0.404. The highest BCUT2D eigenvalue weighted by Gasteiger charge is 2.57. The number of ether oxygens (including phenoxy) is 2. The first-order valence-corrected chi connectivity index (χ1v) is 18.1. The van der Waals surface area contributed by atoms with E-state index in [1.54, 1.807) is 0 Å². The van der Waals surface area contributed by atoms with E-state index in [2.05, 4.69) is 83.1 Å². The van der Waals surface area contributed by atoms with Gasteiger partial charge in [0.1, 0.15) is 11.0 Å². The van der Waals surface area contributed by atoms with Crippen LogP contribution in [0.1, 0.15) is 134 Å². The van der Waals surface area contributed by atoms with Crippen molar-refractivity contribution in [2.45, 2.75) is 157 Å². The van der Waals surface area contributed by atoms with Crippen LogP contribution in [0.25, 0.3) is 11.0 Å². The van der Waals surface area contributed by atoms with E-state index in [9.17, 15) is 0 Å². The summed E-state index contributed by atoms with van der Waals surface area (Å²) in [7, 11) is -1.41. The zero-order valence-electron chi connectivity index (χ0n) is 30.1. The third-order valence-corrected chi connectivity index (χ3v) is 11.2. The van der Waals surface area contributed by atoms with E-state index in [0.29, 0.717) is 47.6 Å². The SMILES string of the molecule is CCCCC(CC)COc1c(OCC(CC)CCCC)c(B2OC(C)(C)C(C)(C)O2)c2nsnc2c1B1OC(C)(C)C(C)(C)O1. The fraction of sp³-hybridized carbons (Fsp3) is 0.824. The molecular formula is C34H58B2N2O6S. The lowest BCUT2D eigenvalue weighted by atomic mass is 9.70. The van der Waals surface area contributed by atoms with Crippen molar-refractivity contribution in [3.63, 3.8) is 0 Å². The number of aromatic nitrogens is 2. The second-order valence-electron chi connectivity index (χ2n) is 15.1. The Morgan fingerprint density at radius 1 is 0.600 bits per heavy atom. The van der Waals surface area contributed by atoms with Crippen LogP contribution < -0.4 is 20.4 Å². The quantitative estimate of drug-likeness (QED) is 0.174. The van der Waals surface area contributed by atoms with Crippen molar-refractivity contribution >= 4 is 47.9 Å². The molecule has 1 aromatic heterocycles. The Morgan fingerprint density at radius 3 is 1.22 bits per heavy atom. The molecule has 8 nitrogen and oxygen atoms in total. The molecule has 3 heterocycles. The van der Waals surface area contributed by atoms with E-state index in [1.165, 1.54) is 12.8 Å². The molecule has 11 heteroatoms. The van der Waals surface area contributed by atoms with Crippen LogP contribution in [-0.4, -0.2) is 58.6 Å². The minimum atomic E-state index is -0.705. The molecule has 0 spiro atoms. The molecule has 2 unspecified atom stereocenters. The van der Waals surface area contributed by atoms with Crippen molar-refractivity contribution in [1.29, 1.82) is 0 Å². The third kappa shape index (κ3) is 7.53. The predicted octanol–water partition coefficient (Wildman–Crippen LogP) is 7.48. The number of fused-ring (bicyclic) bond motifs is 1. The lowest BCUT2D eigenvalue weighted by Gasteiger charge is -2.32. The van der Waals surface area contributed by atoms with Crippen LogP contribution in [0, 0.1) is 11.8 Å². The molecule has 1 aromatic carbocycles. The summed E-state index contributed by atoms with van der Waals surface area (Å²) < 4.78 is 50.2. The molecular weight excluding hydrogens is 586 g/mol. The van der Waals surface area contributed by atoms with Crippen molar-refractivity contribution in [3.05, 3.63) is 0 Å². The van der Waals surface area contributed by atoms with E-state index >= 15 is 0 Å². The van der Waals surface area contributed by atoms with Gasteiger partial charge in [0.25, 0.3) is 0 Å². The standard InChI is InChI=1S/C34H58B2N2O6S/c1-13-17-19-23(15-3)21-39-29-25(35-41-31(5,6)32(7,8)42-35)27-28(38-45-37-27)26(36-43-33(9,10)34(11,12)44-36)30(29)40-22-24(16-4)20-18-14-2/h23-24H,13-22H2,1-12H3. The van der Waals surface area contributed by atoms with Gasteiger partial charge in [-0.1, -0.05) is 66.2 Å². The summed E-state index contributed by atoms with van der Waals surface area (Å²) >= 11 is 1.16. The molecule has 0 N–H and O–H groups in total. The smallest absolute Gasteiger partial charge is 0.490 e. The Hall–Kier alpha value is -1.39. The number of benzene rings is 1. The first kappa shape index (κ1) is 36.4. The summed E-state index contributed by atoms with van der Waals surface area (Å²) in [6, 6.07) is 0. The minimum Gasteiger partial charge on any atom is -0.490 e. The molecule has 2 saturated heterocycles. The fourth-order valence-corrected chi connectivity index (χ4v) is 6.42. The van der Waals surface area contributed by atoms with Crippen molar-refractivity contribution in [2.75, 3.05) is 13.2 Å². The van der Waals surface area contributed by atoms with Gasteiger partial charge >= 0.3 is 14.2 Å². The number of rotatable bonds is 16. The first-order valence-electron chi connectivity index (χ1n) is 17.4. The lowest BCUT2D eigenvalue weighted by Crippen LogP contribution is -2.42. The summed E-state index contributed by atoms with van der Waals surface area (Å²) in [6.45, 7) is 26.6. The van der Waals surface area contributed by atoms with E-state index in [-0.39, 0.29) is 0 Å². The van der Waals surface area contributed by atoms with E-state index in [0.717, 1.165) is 61.2 Å². The molecule has 0 radical (unpaired) electrons. The number of nitrogens with zero attached hydrogens (tertiary/aromatic N) is 2. The average Bonchev–Trinajstić information content (AvgIpc) is 3.58. The monoisotopic (exact) mass is 644 g/mol. The Bertz CT molecular complexity index is 1160.